The molecule has 0 aliphatic carbocycles. The molecule has 0 bridgehead atoms. The number of hydrogen-bond acceptors (Lipinski definition) is 4. The Morgan fingerprint density at radius 3 is 2.64 bits per heavy atom. The van der Waals surface area contributed by atoms with Crippen molar-refractivity contribution in [3.05, 3.63) is 35.9 Å². The predicted octanol–water partition coefficient (Wildman–Crippen LogP) is 0.234. The van der Waals surface area contributed by atoms with Gasteiger partial charge in [-0.15, -0.1) is 0 Å². The normalized spacial score (nSPS) is 12.1. The number of ether oxygens (including phenoxy) is 1. The molecule has 0 aliphatic heterocycles. The summed E-state index contributed by atoms with van der Waals surface area (Å²) in [5.74, 6) is 4.90. The van der Waals surface area contributed by atoms with Crippen LogP contribution in [0.25, 0.3) is 0 Å². The molecule has 0 amide bonds. The summed E-state index contributed by atoms with van der Waals surface area (Å²) in [5.41, 5.74) is 3.47. The van der Waals surface area contributed by atoms with Gasteiger partial charge in [-0.25, -0.2) is 5.43 Å². The first-order valence-corrected chi connectivity index (χ1v) is 4.36. The molecule has 1 rings (SSSR count). The van der Waals surface area contributed by atoms with E-state index in [4.69, 9.17) is 5.84 Å². The Hall–Kier alpha value is -1.39. The van der Waals surface area contributed by atoms with Crippen LogP contribution in [-0.2, 0) is 16.0 Å². The van der Waals surface area contributed by atoms with Crippen LogP contribution in [0.1, 0.15) is 5.56 Å². The molecule has 0 saturated heterocycles. The molecular weight excluding hydrogens is 180 g/mol. The average Bonchev–Trinajstić information content (AvgIpc) is 2.26. The number of carbonyl (C=O) groups excluding carboxylic acids is 1. The SMILES string of the molecule is COC(=O)C(Cc1ccccc1)NN. The summed E-state index contributed by atoms with van der Waals surface area (Å²) in [6.45, 7) is 0. The minimum absolute atomic E-state index is 0.351. The molecule has 4 nitrogen and oxygen atoms in total. The van der Waals surface area contributed by atoms with Crippen molar-refractivity contribution in [1.29, 1.82) is 0 Å². The van der Waals surface area contributed by atoms with Crippen LogP contribution in [0.4, 0.5) is 0 Å². The maximum atomic E-state index is 11.2. The first kappa shape index (κ1) is 10.7. The Morgan fingerprint density at radius 2 is 2.14 bits per heavy atom. The van der Waals surface area contributed by atoms with Crippen LogP contribution in [0.3, 0.4) is 0 Å². The number of nitrogens with two attached hydrogens (primary N) is 1. The maximum Gasteiger partial charge on any atom is 0.324 e. The predicted molar refractivity (Wildman–Crippen MR) is 53.3 cm³/mol. The Morgan fingerprint density at radius 1 is 1.50 bits per heavy atom. The molecule has 0 spiro atoms. The van der Waals surface area contributed by atoms with E-state index in [0.29, 0.717) is 6.42 Å². The van der Waals surface area contributed by atoms with Gasteiger partial charge in [0.15, 0.2) is 0 Å². The third kappa shape index (κ3) is 2.83. The van der Waals surface area contributed by atoms with Crippen LogP contribution in [0.15, 0.2) is 30.3 Å². The molecule has 0 aliphatic rings. The second-order valence-electron chi connectivity index (χ2n) is 2.93. The summed E-state index contributed by atoms with van der Waals surface area (Å²) in [7, 11) is 1.34. The lowest BCUT2D eigenvalue weighted by Crippen LogP contribution is -2.43. The van der Waals surface area contributed by atoms with E-state index in [2.05, 4.69) is 10.2 Å². The van der Waals surface area contributed by atoms with E-state index in [-0.39, 0.29) is 5.97 Å². The first-order valence-electron chi connectivity index (χ1n) is 4.36. The number of benzene rings is 1. The van der Waals surface area contributed by atoms with Crippen molar-refractivity contribution in [2.24, 2.45) is 5.84 Å². The summed E-state index contributed by atoms with van der Waals surface area (Å²) in [4.78, 5) is 11.2. The number of rotatable bonds is 4. The highest BCUT2D eigenvalue weighted by Gasteiger charge is 2.17. The van der Waals surface area contributed by atoms with Crippen molar-refractivity contribution >= 4 is 5.97 Å². The summed E-state index contributed by atoms with van der Waals surface area (Å²) in [6.07, 6.45) is 0.532. The van der Waals surface area contributed by atoms with Crippen LogP contribution >= 0.6 is 0 Å². The van der Waals surface area contributed by atoms with E-state index in [9.17, 15) is 4.79 Å². The smallest absolute Gasteiger partial charge is 0.324 e. The Bertz CT molecular complexity index is 287. The Labute approximate surface area is 83.0 Å². The third-order valence-corrected chi connectivity index (χ3v) is 1.97. The van der Waals surface area contributed by atoms with E-state index in [1.807, 2.05) is 30.3 Å². The fourth-order valence-electron chi connectivity index (χ4n) is 1.20. The molecule has 0 saturated carbocycles. The van der Waals surface area contributed by atoms with Crippen LogP contribution in [0, 0.1) is 0 Å². The van der Waals surface area contributed by atoms with Crippen molar-refractivity contribution < 1.29 is 9.53 Å². The highest BCUT2D eigenvalue weighted by Crippen LogP contribution is 2.03. The lowest BCUT2D eigenvalue weighted by Gasteiger charge is -2.12. The number of hydrogen-bond donors (Lipinski definition) is 2. The van der Waals surface area contributed by atoms with Gasteiger partial charge < -0.3 is 4.74 Å². The molecule has 76 valence electrons. The van der Waals surface area contributed by atoms with Crippen LogP contribution in [0.2, 0.25) is 0 Å². The molecule has 0 radical (unpaired) electrons. The topological polar surface area (TPSA) is 64.3 Å². The molecule has 1 atom stereocenters. The Kier molecular flexibility index (Phi) is 4.10. The fraction of sp³-hybridized carbons (Fsp3) is 0.300. The zero-order chi connectivity index (χ0) is 10.4. The third-order valence-electron chi connectivity index (χ3n) is 1.97. The summed E-state index contributed by atoms with van der Waals surface area (Å²) in [6, 6.07) is 9.15. The molecule has 1 aromatic carbocycles. The van der Waals surface area contributed by atoms with Crippen LogP contribution < -0.4 is 11.3 Å². The minimum atomic E-state index is -0.484. The highest BCUT2D eigenvalue weighted by molar-refractivity contribution is 5.75. The van der Waals surface area contributed by atoms with E-state index in [1.54, 1.807) is 0 Å². The summed E-state index contributed by atoms with van der Waals surface area (Å²) < 4.78 is 4.59. The molecule has 3 N–H and O–H groups in total. The van der Waals surface area contributed by atoms with Gasteiger partial charge in [0.25, 0.3) is 0 Å². The minimum Gasteiger partial charge on any atom is -0.468 e. The average molecular weight is 194 g/mol. The molecule has 1 aromatic rings. The molecular formula is C10H14N2O2. The van der Waals surface area contributed by atoms with E-state index in [0.717, 1.165) is 5.56 Å². The second kappa shape index (κ2) is 5.36. The van der Waals surface area contributed by atoms with Gasteiger partial charge in [-0.2, -0.15) is 0 Å². The molecule has 0 heterocycles. The summed E-state index contributed by atoms with van der Waals surface area (Å²) >= 11 is 0. The van der Waals surface area contributed by atoms with Gasteiger partial charge in [0, 0.05) is 0 Å². The van der Waals surface area contributed by atoms with Crippen molar-refractivity contribution in [1.82, 2.24) is 5.43 Å². The van der Waals surface area contributed by atoms with Crippen molar-refractivity contribution in [3.8, 4) is 0 Å². The van der Waals surface area contributed by atoms with Crippen LogP contribution in [0.5, 0.6) is 0 Å². The highest BCUT2D eigenvalue weighted by atomic mass is 16.5. The summed E-state index contributed by atoms with van der Waals surface area (Å²) in [5, 5.41) is 0. The largest absolute Gasteiger partial charge is 0.468 e. The number of hydrazine groups is 1. The van der Waals surface area contributed by atoms with Gasteiger partial charge in [0.05, 0.1) is 7.11 Å². The zero-order valence-corrected chi connectivity index (χ0v) is 8.07. The van der Waals surface area contributed by atoms with E-state index < -0.39 is 6.04 Å². The van der Waals surface area contributed by atoms with Gasteiger partial charge in [-0.1, -0.05) is 30.3 Å². The second-order valence-corrected chi connectivity index (χ2v) is 2.93. The van der Waals surface area contributed by atoms with Gasteiger partial charge in [-0.3, -0.25) is 10.6 Å². The quantitative estimate of drug-likeness (QED) is 0.409. The van der Waals surface area contributed by atoms with Gasteiger partial charge in [0.1, 0.15) is 6.04 Å². The maximum absolute atomic E-state index is 11.2. The number of methoxy groups -OCH3 is 1. The first-order chi connectivity index (χ1) is 6.77. The molecule has 0 aromatic heterocycles. The molecule has 4 heteroatoms. The number of nitrogens with one attached hydrogen (secondary N) is 1. The van der Waals surface area contributed by atoms with E-state index in [1.165, 1.54) is 7.11 Å². The van der Waals surface area contributed by atoms with Crippen molar-refractivity contribution in [2.75, 3.05) is 7.11 Å². The van der Waals surface area contributed by atoms with Gasteiger partial charge in [-0.05, 0) is 12.0 Å². The van der Waals surface area contributed by atoms with Gasteiger partial charge >= 0.3 is 5.97 Å². The van der Waals surface area contributed by atoms with Gasteiger partial charge in [0.2, 0.25) is 0 Å². The fourth-order valence-corrected chi connectivity index (χ4v) is 1.20. The number of esters is 1. The lowest BCUT2D eigenvalue weighted by atomic mass is 10.1. The van der Waals surface area contributed by atoms with E-state index >= 15 is 0 Å². The number of carbonyl (C=O) groups is 1. The van der Waals surface area contributed by atoms with Crippen molar-refractivity contribution in [3.63, 3.8) is 0 Å². The monoisotopic (exact) mass is 194 g/mol. The van der Waals surface area contributed by atoms with Crippen molar-refractivity contribution in [2.45, 2.75) is 12.5 Å². The molecule has 1 unspecified atom stereocenters. The molecule has 14 heavy (non-hydrogen) atoms. The molecule has 0 fully saturated rings. The standard InChI is InChI=1S/C10H14N2O2/c1-14-10(13)9(12-11)7-8-5-3-2-4-6-8/h2-6,9,12H,7,11H2,1H3. The lowest BCUT2D eigenvalue weighted by molar-refractivity contribution is -0.143. The zero-order valence-electron chi connectivity index (χ0n) is 8.07. The Balaban J connectivity index is 2.62. The van der Waals surface area contributed by atoms with Crippen LogP contribution in [-0.4, -0.2) is 19.1 Å².